The SMILES string of the molecule is CC(C)Cc1ccc(C(CCCC2(SN=O)CCN(C)CC2)C(=O)O)cc1. The van der Waals surface area contributed by atoms with Gasteiger partial charge >= 0.3 is 5.97 Å². The zero-order valence-electron chi connectivity index (χ0n) is 16.7. The van der Waals surface area contributed by atoms with Gasteiger partial charge in [-0.1, -0.05) is 44.5 Å². The highest BCUT2D eigenvalue weighted by molar-refractivity contribution is 7.99. The first kappa shape index (κ1) is 21.9. The van der Waals surface area contributed by atoms with Crippen molar-refractivity contribution in [1.29, 1.82) is 0 Å². The Morgan fingerprint density at radius 2 is 1.89 bits per heavy atom. The molecule has 0 bridgehead atoms. The van der Waals surface area contributed by atoms with Crippen LogP contribution in [0.5, 0.6) is 0 Å². The number of piperidine rings is 1. The van der Waals surface area contributed by atoms with Crippen molar-refractivity contribution >= 4 is 17.9 Å². The molecule has 1 N–H and O–H groups in total. The number of nitrogens with zero attached hydrogens (tertiary/aromatic N) is 2. The number of nitroso groups, excluding NO2 is 1. The summed E-state index contributed by atoms with van der Waals surface area (Å²) in [4.78, 5) is 25.0. The number of carboxylic acids is 1. The Labute approximate surface area is 167 Å². The van der Waals surface area contributed by atoms with Crippen molar-refractivity contribution in [3.8, 4) is 0 Å². The summed E-state index contributed by atoms with van der Waals surface area (Å²) in [7, 11) is 2.09. The molecule has 1 heterocycles. The van der Waals surface area contributed by atoms with E-state index in [9.17, 15) is 14.8 Å². The normalized spacial score (nSPS) is 18.4. The van der Waals surface area contributed by atoms with Crippen LogP contribution in [0, 0.1) is 10.8 Å². The van der Waals surface area contributed by atoms with E-state index < -0.39 is 11.9 Å². The van der Waals surface area contributed by atoms with Crippen molar-refractivity contribution < 1.29 is 9.90 Å². The van der Waals surface area contributed by atoms with Crippen molar-refractivity contribution in [3.05, 3.63) is 40.3 Å². The van der Waals surface area contributed by atoms with Crippen LogP contribution in [0.15, 0.2) is 28.8 Å². The van der Waals surface area contributed by atoms with Crippen LogP contribution in [0.1, 0.15) is 63.0 Å². The summed E-state index contributed by atoms with van der Waals surface area (Å²) in [6.07, 6.45) is 5.09. The fourth-order valence-electron chi connectivity index (χ4n) is 3.91. The molecule has 1 unspecified atom stereocenters. The maximum absolute atomic E-state index is 11.8. The van der Waals surface area contributed by atoms with Crippen LogP contribution in [0.2, 0.25) is 0 Å². The Hall–Kier alpha value is -1.40. The fourth-order valence-corrected chi connectivity index (χ4v) is 4.67. The molecule has 5 nitrogen and oxygen atoms in total. The van der Waals surface area contributed by atoms with Gasteiger partial charge in [0, 0.05) is 21.3 Å². The van der Waals surface area contributed by atoms with Crippen LogP contribution in [0.4, 0.5) is 0 Å². The molecule has 1 saturated heterocycles. The summed E-state index contributed by atoms with van der Waals surface area (Å²) in [6, 6.07) is 8.03. The van der Waals surface area contributed by atoms with Crippen LogP contribution < -0.4 is 0 Å². The first-order valence-electron chi connectivity index (χ1n) is 9.86. The van der Waals surface area contributed by atoms with Gasteiger partial charge in [-0.3, -0.25) is 4.79 Å². The van der Waals surface area contributed by atoms with Crippen molar-refractivity contribution in [2.75, 3.05) is 20.1 Å². The summed E-state index contributed by atoms with van der Waals surface area (Å²) in [5.74, 6) is -0.679. The number of likely N-dealkylation sites (tertiary alicyclic amines) is 1. The quantitative estimate of drug-likeness (QED) is 0.443. The molecule has 0 radical (unpaired) electrons. The van der Waals surface area contributed by atoms with Gasteiger partial charge in [0.1, 0.15) is 0 Å². The van der Waals surface area contributed by atoms with Gasteiger partial charge in [-0.15, -0.1) is 4.91 Å². The molecular formula is C21H32N2O3S. The number of rotatable bonds is 10. The fraction of sp³-hybridized carbons (Fsp3) is 0.667. The third kappa shape index (κ3) is 6.61. The Morgan fingerprint density at radius 1 is 1.26 bits per heavy atom. The average Bonchev–Trinajstić information content (AvgIpc) is 2.62. The van der Waals surface area contributed by atoms with Crippen LogP contribution in [-0.2, 0) is 11.2 Å². The molecule has 0 saturated carbocycles. The molecule has 2 rings (SSSR count). The first-order chi connectivity index (χ1) is 12.8. The van der Waals surface area contributed by atoms with Gasteiger partial charge in [0.05, 0.1) is 5.92 Å². The molecule has 1 aromatic rings. The molecular weight excluding hydrogens is 360 g/mol. The lowest BCUT2D eigenvalue weighted by Crippen LogP contribution is -2.40. The number of hydrogen-bond acceptors (Lipinski definition) is 5. The van der Waals surface area contributed by atoms with Crippen molar-refractivity contribution in [2.24, 2.45) is 10.5 Å². The van der Waals surface area contributed by atoms with Crippen LogP contribution >= 0.6 is 11.9 Å². The van der Waals surface area contributed by atoms with Gasteiger partial charge in [-0.2, -0.15) is 0 Å². The minimum Gasteiger partial charge on any atom is -0.481 e. The molecule has 6 heteroatoms. The van der Waals surface area contributed by atoms with Crippen LogP contribution in [-0.4, -0.2) is 40.9 Å². The van der Waals surface area contributed by atoms with E-state index in [1.807, 2.05) is 12.1 Å². The average molecular weight is 393 g/mol. The maximum Gasteiger partial charge on any atom is 0.310 e. The largest absolute Gasteiger partial charge is 0.481 e. The van der Waals surface area contributed by atoms with E-state index in [-0.39, 0.29) is 4.75 Å². The van der Waals surface area contributed by atoms with Crippen LogP contribution in [0.25, 0.3) is 0 Å². The maximum atomic E-state index is 11.8. The predicted molar refractivity (Wildman–Crippen MR) is 112 cm³/mol. The van der Waals surface area contributed by atoms with E-state index in [1.54, 1.807) is 0 Å². The minimum atomic E-state index is -0.773. The smallest absolute Gasteiger partial charge is 0.310 e. The minimum absolute atomic E-state index is 0.127. The lowest BCUT2D eigenvalue weighted by Gasteiger charge is -2.38. The van der Waals surface area contributed by atoms with Crippen molar-refractivity contribution in [3.63, 3.8) is 0 Å². The highest BCUT2D eigenvalue weighted by Crippen LogP contribution is 2.41. The van der Waals surface area contributed by atoms with Gasteiger partial charge in [0.15, 0.2) is 0 Å². The van der Waals surface area contributed by atoms with Gasteiger partial charge < -0.3 is 10.0 Å². The molecule has 0 aliphatic carbocycles. The lowest BCUT2D eigenvalue weighted by atomic mass is 9.86. The number of carbonyl (C=O) groups is 1. The summed E-state index contributed by atoms with van der Waals surface area (Å²) in [6.45, 7) is 6.28. The van der Waals surface area contributed by atoms with E-state index in [2.05, 4.69) is 42.5 Å². The third-order valence-corrected chi connectivity index (χ3v) is 6.65. The number of carboxylic acid groups (broad SMARTS) is 1. The van der Waals surface area contributed by atoms with E-state index in [1.165, 1.54) is 5.56 Å². The number of aliphatic carboxylic acids is 1. The van der Waals surface area contributed by atoms with Gasteiger partial charge in [0.2, 0.25) is 0 Å². The lowest BCUT2D eigenvalue weighted by molar-refractivity contribution is -0.139. The van der Waals surface area contributed by atoms with E-state index in [0.29, 0.717) is 12.3 Å². The molecule has 0 aromatic heterocycles. The second-order valence-corrected chi connectivity index (χ2v) is 9.47. The molecule has 0 spiro atoms. The van der Waals surface area contributed by atoms with E-state index in [0.717, 1.165) is 62.7 Å². The third-order valence-electron chi connectivity index (χ3n) is 5.58. The molecule has 150 valence electrons. The Bertz CT molecular complexity index is 610. The van der Waals surface area contributed by atoms with E-state index in [4.69, 9.17) is 0 Å². The summed E-state index contributed by atoms with van der Waals surface area (Å²) < 4.78 is 2.99. The standard InChI is InChI=1S/C21H32N2O3S/c1-16(2)15-17-6-8-18(9-7-17)19(20(24)25)5-4-10-21(27-22-26)11-13-23(3)14-12-21/h6-9,16,19H,4-5,10-15H2,1-3H3,(H,24,25). The summed E-state index contributed by atoms with van der Waals surface area (Å²) >= 11 is 1.16. The number of benzene rings is 1. The molecule has 1 fully saturated rings. The summed E-state index contributed by atoms with van der Waals surface area (Å²) in [5.41, 5.74) is 2.12. The zero-order chi connectivity index (χ0) is 19.9. The predicted octanol–water partition coefficient (Wildman–Crippen LogP) is 5.10. The Balaban J connectivity index is 1.97. The van der Waals surface area contributed by atoms with Gasteiger partial charge in [-0.25, -0.2) is 0 Å². The van der Waals surface area contributed by atoms with Crippen LogP contribution in [0.3, 0.4) is 0 Å². The second-order valence-electron chi connectivity index (χ2n) is 8.27. The second kappa shape index (κ2) is 10.2. The van der Waals surface area contributed by atoms with Gasteiger partial charge in [-0.05, 0) is 69.3 Å². The van der Waals surface area contributed by atoms with Crippen molar-refractivity contribution in [2.45, 2.75) is 63.0 Å². The number of hydrogen-bond donors (Lipinski definition) is 1. The molecule has 1 aromatic carbocycles. The highest BCUT2D eigenvalue weighted by atomic mass is 32.2. The molecule has 1 aliphatic rings. The molecule has 1 aliphatic heterocycles. The van der Waals surface area contributed by atoms with Crippen molar-refractivity contribution in [1.82, 2.24) is 4.90 Å². The first-order valence-corrected chi connectivity index (χ1v) is 10.6. The monoisotopic (exact) mass is 392 g/mol. The Morgan fingerprint density at radius 3 is 2.41 bits per heavy atom. The molecule has 0 amide bonds. The van der Waals surface area contributed by atoms with E-state index >= 15 is 0 Å². The molecule has 1 atom stereocenters. The van der Waals surface area contributed by atoms with Gasteiger partial charge in [0.25, 0.3) is 0 Å². The highest BCUT2D eigenvalue weighted by Gasteiger charge is 2.35. The topological polar surface area (TPSA) is 70.0 Å². The zero-order valence-corrected chi connectivity index (χ0v) is 17.5. The Kier molecular flexibility index (Phi) is 8.29. The summed E-state index contributed by atoms with van der Waals surface area (Å²) in [5, 5.41) is 9.70. The molecule has 27 heavy (non-hydrogen) atoms.